The van der Waals surface area contributed by atoms with Crippen molar-refractivity contribution in [2.75, 3.05) is 39.8 Å². The molecule has 17 heavy (non-hydrogen) atoms. The minimum atomic E-state index is 0.374. The van der Waals surface area contributed by atoms with Gasteiger partial charge in [-0.05, 0) is 40.7 Å². The van der Waals surface area contributed by atoms with Crippen LogP contribution in [0.1, 0.15) is 33.6 Å². The van der Waals surface area contributed by atoms with Gasteiger partial charge in [-0.15, -0.1) is 0 Å². The molecule has 0 N–H and O–H groups in total. The first-order valence-corrected chi connectivity index (χ1v) is 7.05. The highest BCUT2D eigenvalue weighted by Gasteiger charge is 2.44. The first-order valence-electron chi connectivity index (χ1n) is 7.05. The standard InChI is InChI=1S/C14H28N2O/c1-12(2)17-11-14(5-6-14)10-16-8-7-15(4)13(3)9-16/h12-13H,5-11H2,1-4H3/t13-/m0/s1. The summed E-state index contributed by atoms with van der Waals surface area (Å²) in [6, 6.07) is 0.700. The van der Waals surface area contributed by atoms with E-state index in [-0.39, 0.29) is 0 Å². The number of nitrogens with zero attached hydrogens (tertiary/aromatic N) is 2. The lowest BCUT2D eigenvalue weighted by atomic mass is 10.1. The summed E-state index contributed by atoms with van der Waals surface area (Å²) < 4.78 is 5.82. The van der Waals surface area contributed by atoms with E-state index in [1.54, 1.807) is 0 Å². The van der Waals surface area contributed by atoms with Crippen molar-refractivity contribution in [2.45, 2.75) is 45.8 Å². The summed E-state index contributed by atoms with van der Waals surface area (Å²) in [7, 11) is 2.23. The van der Waals surface area contributed by atoms with Crippen molar-refractivity contribution in [1.29, 1.82) is 0 Å². The molecule has 3 nitrogen and oxygen atoms in total. The fourth-order valence-corrected chi connectivity index (χ4v) is 2.61. The van der Waals surface area contributed by atoms with Crippen molar-refractivity contribution in [3.63, 3.8) is 0 Å². The smallest absolute Gasteiger partial charge is 0.0538 e. The molecule has 1 atom stereocenters. The van der Waals surface area contributed by atoms with Crippen molar-refractivity contribution >= 4 is 0 Å². The number of ether oxygens (including phenoxy) is 1. The van der Waals surface area contributed by atoms with Crippen molar-refractivity contribution in [3.8, 4) is 0 Å². The molecule has 1 heterocycles. The molecule has 2 rings (SSSR count). The van der Waals surface area contributed by atoms with Gasteiger partial charge in [-0.2, -0.15) is 0 Å². The van der Waals surface area contributed by atoms with Gasteiger partial charge in [0.05, 0.1) is 12.7 Å². The van der Waals surface area contributed by atoms with Gasteiger partial charge in [0.2, 0.25) is 0 Å². The normalized spacial score (nSPS) is 29.8. The molecule has 0 unspecified atom stereocenters. The molecule has 1 aliphatic carbocycles. The van der Waals surface area contributed by atoms with Gasteiger partial charge in [0, 0.05) is 37.6 Å². The van der Waals surface area contributed by atoms with E-state index in [1.165, 1.54) is 39.0 Å². The summed E-state index contributed by atoms with van der Waals surface area (Å²) in [5.74, 6) is 0. The van der Waals surface area contributed by atoms with E-state index >= 15 is 0 Å². The van der Waals surface area contributed by atoms with Crippen LogP contribution in [0.15, 0.2) is 0 Å². The third-order valence-corrected chi connectivity index (χ3v) is 4.28. The summed E-state index contributed by atoms with van der Waals surface area (Å²) in [6.45, 7) is 12.5. The van der Waals surface area contributed by atoms with Crippen LogP contribution in [0.5, 0.6) is 0 Å². The maximum absolute atomic E-state index is 5.82. The van der Waals surface area contributed by atoms with E-state index in [9.17, 15) is 0 Å². The van der Waals surface area contributed by atoms with Crippen LogP contribution >= 0.6 is 0 Å². The van der Waals surface area contributed by atoms with Crippen molar-refractivity contribution < 1.29 is 4.74 Å². The van der Waals surface area contributed by atoms with Crippen molar-refractivity contribution in [2.24, 2.45) is 5.41 Å². The van der Waals surface area contributed by atoms with Crippen LogP contribution in [-0.4, -0.2) is 61.8 Å². The highest BCUT2D eigenvalue weighted by molar-refractivity contribution is 4.96. The van der Waals surface area contributed by atoms with E-state index in [0.29, 0.717) is 17.6 Å². The highest BCUT2D eigenvalue weighted by atomic mass is 16.5. The molecule has 0 spiro atoms. The van der Waals surface area contributed by atoms with E-state index in [4.69, 9.17) is 4.74 Å². The molecule has 0 aromatic carbocycles. The molecule has 2 fully saturated rings. The fraction of sp³-hybridized carbons (Fsp3) is 1.00. The van der Waals surface area contributed by atoms with Crippen LogP contribution in [0.4, 0.5) is 0 Å². The van der Waals surface area contributed by atoms with E-state index in [2.05, 4.69) is 37.6 Å². The predicted molar refractivity (Wildman–Crippen MR) is 71.3 cm³/mol. The second-order valence-electron chi connectivity index (χ2n) is 6.42. The van der Waals surface area contributed by atoms with Gasteiger partial charge in [-0.1, -0.05) is 0 Å². The minimum absolute atomic E-state index is 0.374. The molecule has 0 aromatic heterocycles. The Bertz CT molecular complexity index is 251. The van der Waals surface area contributed by atoms with Gasteiger partial charge in [-0.3, -0.25) is 4.90 Å². The van der Waals surface area contributed by atoms with Gasteiger partial charge in [-0.25, -0.2) is 0 Å². The number of likely N-dealkylation sites (N-methyl/N-ethyl adjacent to an activating group) is 1. The van der Waals surface area contributed by atoms with Crippen LogP contribution in [0.3, 0.4) is 0 Å². The number of hydrogen-bond donors (Lipinski definition) is 0. The molecule has 0 bridgehead atoms. The molecule has 1 saturated heterocycles. The van der Waals surface area contributed by atoms with E-state index < -0.39 is 0 Å². The maximum atomic E-state index is 5.82. The number of rotatable bonds is 5. The van der Waals surface area contributed by atoms with E-state index in [0.717, 1.165) is 6.61 Å². The highest BCUT2D eigenvalue weighted by Crippen LogP contribution is 2.46. The Balaban J connectivity index is 1.77. The van der Waals surface area contributed by atoms with E-state index in [1.807, 2.05) is 0 Å². The molecule has 1 saturated carbocycles. The average Bonchev–Trinajstić information content (AvgIpc) is 3.02. The van der Waals surface area contributed by atoms with Crippen molar-refractivity contribution in [1.82, 2.24) is 9.80 Å². The van der Waals surface area contributed by atoms with Gasteiger partial charge >= 0.3 is 0 Å². The van der Waals surface area contributed by atoms with Crippen LogP contribution < -0.4 is 0 Å². The summed E-state index contributed by atoms with van der Waals surface area (Å²) in [5, 5.41) is 0. The summed E-state index contributed by atoms with van der Waals surface area (Å²) in [5.41, 5.74) is 0.500. The fourth-order valence-electron chi connectivity index (χ4n) is 2.61. The second-order valence-corrected chi connectivity index (χ2v) is 6.42. The summed E-state index contributed by atoms with van der Waals surface area (Å²) >= 11 is 0. The molecular formula is C14H28N2O. The average molecular weight is 240 g/mol. The molecule has 2 aliphatic rings. The summed E-state index contributed by atoms with van der Waals surface area (Å²) in [4.78, 5) is 5.10. The SMILES string of the molecule is CC(C)OCC1(CN2CCN(C)[C@@H](C)C2)CC1. The quantitative estimate of drug-likeness (QED) is 0.729. The minimum Gasteiger partial charge on any atom is -0.378 e. The molecular weight excluding hydrogens is 212 g/mol. The monoisotopic (exact) mass is 240 g/mol. The zero-order valence-corrected chi connectivity index (χ0v) is 11.9. The van der Waals surface area contributed by atoms with Gasteiger partial charge in [0.15, 0.2) is 0 Å². The molecule has 1 aliphatic heterocycles. The molecule has 0 radical (unpaired) electrons. The lowest BCUT2D eigenvalue weighted by Gasteiger charge is -2.39. The van der Waals surface area contributed by atoms with Crippen molar-refractivity contribution in [3.05, 3.63) is 0 Å². The van der Waals surface area contributed by atoms with Crippen LogP contribution in [0.25, 0.3) is 0 Å². The number of hydrogen-bond acceptors (Lipinski definition) is 3. The Morgan fingerprint density at radius 3 is 2.53 bits per heavy atom. The lowest BCUT2D eigenvalue weighted by Crippen LogP contribution is -2.51. The predicted octanol–water partition coefficient (Wildman–Crippen LogP) is 1.83. The van der Waals surface area contributed by atoms with Crippen LogP contribution in [0, 0.1) is 5.41 Å². The number of piperazine rings is 1. The maximum Gasteiger partial charge on any atom is 0.0538 e. The van der Waals surface area contributed by atoms with Crippen LogP contribution in [0.2, 0.25) is 0 Å². The zero-order valence-electron chi connectivity index (χ0n) is 11.9. The van der Waals surface area contributed by atoms with Crippen LogP contribution in [-0.2, 0) is 4.74 Å². The largest absolute Gasteiger partial charge is 0.378 e. The third-order valence-electron chi connectivity index (χ3n) is 4.28. The Morgan fingerprint density at radius 2 is 2.00 bits per heavy atom. The molecule has 0 amide bonds. The molecule has 3 heteroatoms. The lowest BCUT2D eigenvalue weighted by molar-refractivity contribution is 0.0188. The topological polar surface area (TPSA) is 15.7 Å². The second kappa shape index (κ2) is 5.25. The van der Waals surface area contributed by atoms with Gasteiger partial charge in [0.25, 0.3) is 0 Å². The Labute approximate surface area is 106 Å². The first kappa shape index (κ1) is 13.3. The molecule has 100 valence electrons. The van der Waals surface area contributed by atoms with Gasteiger partial charge < -0.3 is 9.64 Å². The Kier molecular flexibility index (Phi) is 4.11. The Morgan fingerprint density at radius 1 is 1.29 bits per heavy atom. The summed E-state index contributed by atoms with van der Waals surface area (Å²) in [6.07, 6.45) is 3.10. The Hall–Kier alpha value is -0.120. The van der Waals surface area contributed by atoms with Gasteiger partial charge in [0.1, 0.15) is 0 Å². The zero-order chi connectivity index (χ0) is 12.5. The first-order chi connectivity index (χ1) is 8.01. The third kappa shape index (κ3) is 3.67. The molecule has 0 aromatic rings.